The van der Waals surface area contributed by atoms with Crippen molar-refractivity contribution in [2.24, 2.45) is 0 Å². The fourth-order valence-electron chi connectivity index (χ4n) is 2.78. The van der Waals surface area contributed by atoms with Crippen LogP contribution in [0, 0.1) is 5.82 Å². The molecule has 0 aliphatic carbocycles. The van der Waals surface area contributed by atoms with Crippen molar-refractivity contribution >= 4 is 17.3 Å². The lowest BCUT2D eigenvalue weighted by Crippen LogP contribution is -2.37. The van der Waals surface area contributed by atoms with E-state index in [9.17, 15) is 18.0 Å². The van der Waals surface area contributed by atoms with E-state index in [-0.39, 0.29) is 5.69 Å². The van der Waals surface area contributed by atoms with Gasteiger partial charge in [0.15, 0.2) is 0 Å². The highest BCUT2D eigenvalue weighted by Gasteiger charge is 2.42. The Balaban J connectivity index is 1.70. The largest absolute Gasteiger partial charge is 0.378 e. The first kappa shape index (κ1) is 16.1. The van der Waals surface area contributed by atoms with Crippen LogP contribution < -0.4 is 15.5 Å². The van der Waals surface area contributed by atoms with Crippen LogP contribution in [0.4, 0.5) is 24.5 Å². The van der Waals surface area contributed by atoms with Gasteiger partial charge in [-0.2, -0.15) is 0 Å². The zero-order valence-corrected chi connectivity index (χ0v) is 12.4. The van der Waals surface area contributed by atoms with Crippen LogP contribution in [0.2, 0.25) is 0 Å². The Morgan fingerprint density at radius 2 is 2.04 bits per heavy atom. The Bertz CT molecular complexity index is 591. The van der Waals surface area contributed by atoms with Crippen molar-refractivity contribution in [3.8, 4) is 0 Å². The van der Waals surface area contributed by atoms with E-state index in [1.807, 2.05) is 4.90 Å². The van der Waals surface area contributed by atoms with Gasteiger partial charge in [0.25, 0.3) is 5.92 Å². The van der Waals surface area contributed by atoms with Gasteiger partial charge in [0.05, 0.1) is 25.8 Å². The first-order chi connectivity index (χ1) is 10.9. The average Bonchev–Trinajstić information content (AvgIpc) is 2.88. The van der Waals surface area contributed by atoms with Crippen LogP contribution in [0.3, 0.4) is 0 Å². The topological polar surface area (TPSA) is 53.6 Å². The average molecular weight is 329 g/mol. The lowest BCUT2D eigenvalue weighted by atomic mass is 10.1. The number of morpholine rings is 1. The van der Waals surface area contributed by atoms with Crippen LogP contribution in [0.25, 0.3) is 0 Å². The molecule has 1 aromatic carbocycles. The summed E-state index contributed by atoms with van der Waals surface area (Å²) in [4.78, 5) is 14.0. The van der Waals surface area contributed by atoms with E-state index in [1.54, 1.807) is 6.07 Å². The number of hydrogen-bond acceptors (Lipinski definition) is 4. The first-order valence-corrected chi connectivity index (χ1v) is 7.48. The molecule has 126 valence electrons. The third-order valence-electron chi connectivity index (χ3n) is 3.95. The number of nitrogens with zero attached hydrogens (tertiary/aromatic N) is 1. The summed E-state index contributed by atoms with van der Waals surface area (Å²) in [6.45, 7) is 1.85. The second kappa shape index (κ2) is 6.37. The predicted octanol–water partition coefficient (Wildman–Crippen LogP) is 1.60. The molecule has 0 bridgehead atoms. The molecule has 2 heterocycles. The number of halogens is 3. The van der Waals surface area contributed by atoms with E-state index < -0.39 is 36.7 Å². The van der Waals surface area contributed by atoms with E-state index in [0.29, 0.717) is 32.0 Å². The molecule has 8 heteroatoms. The zero-order chi connectivity index (χ0) is 16.4. The van der Waals surface area contributed by atoms with Crippen LogP contribution in [0.5, 0.6) is 0 Å². The van der Waals surface area contributed by atoms with Crippen LogP contribution >= 0.6 is 0 Å². The fraction of sp³-hybridized carbons (Fsp3) is 0.533. The Labute approximate surface area is 131 Å². The van der Waals surface area contributed by atoms with Gasteiger partial charge in [-0.15, -0.1) is 0 Å². The number of benzene rings is 1. The summed E-state index contributed by atoms with van der Waals surface area (Å²) >= 11 is 0. The molecule has 2 saturated heterocycles. The molecule has 3 rings (SSSR count). The highest BCUT2D eigenvalue weighted by atomic mass is 19.3. The number of ether oxygens (including phenoxy) is 1. The highest BCUT2D eigenvalue weighted by Crippen LogP contribution is 2.27. The minimum atomic E-state index is -2.89. The molecule has 2 N–H and O–H groups in total. The van der Waals surface area contributed by atoms with Crippen LogP contribution in [0.15, 0.2) is 18.2 Å². The molecule has 0 spiro atoms. The van der Waals surface area contributed by atoms with Gasteiger partial charge < -0.3 is 15.0 Å². The smallest absolute Gasteiger partial charge is 0.262 e. The van der Waals surface area contributed by atoms with Gasteiger partial charge in [-0.25, -0.2) is 13.2 Å². The normalized spacial score (nSPS) is 23.8. The maximum Gasteiger partial charge on any atom is 0.262 e. The van der Waals surface area contributed by atoms with E-state index in [1.165, 1.54) is 12.1 Å². The molecule has 0 radical (unpaired) electrons. The summed E-state index contributed by atoms with van der Waals surface area (Å²) in [7, 11) is 0. The molecule has 1 amide bonds. The van der Waals surface area contributed by atoms with E-state index in [0.717, 1.165) is 0 Å². The Morgan fingerprint density at radius 1 is 1.30 bits per heavy atom. The number of anilines is 2. The molecular formula is C15H18F3N3O2. The van der Waals surface area contributed by atoms with Gasteiger partial charge in [-0.1, -0.05) is 0 Å². The second-order valence-corrected chi connectivity index (χ2v) is 5.78. The Morgan fingerprint density at radius 3 is 2.70 bits per heavy atom. The molecule has 5 nitrogen and oxygen atoms in total. The second-order valence-electron chi connectivity index (χ2n) is 5.78. The minimum Gasteiger partial charge on any atom is -0.378 e. The molecule has 0 aromatic heterocycles. The summed E-state index contributed by atoms with van der Waals surface area (Å²) in [5.41, 5.74) is 0.891. The third-order valence-corrected chi connectivity index (χ3v) is 3.95. The van der Waals surface area contributed by atoms with Crippen molar-refractivity contribution in [2.45, 2.75) is 18.4 Å². The van der Waals surface area contributed by atoms with Gasteiger partial charge in [0, 0.05) is 30.9 Å². The summed E-state index contributed by atoms with van der Waals surface area (Å²) < 4.78 is 45.3. The molecule has 23 heavy (non-hydrogen) atoms. The van der Waals surface area contributed by atoms with E-state index >= 15 is 0 Å². The van der Waals surface area contributed by atoms with Gasteiger partial charge in [-0.05, 0) is 18.2 Å². The maximum absolute atomic E-state index is 13.8. The van der Waals surface area contributed by atoms with Crippen molar-refractivity contribution in [1.29, 1.82) is 0 Å². The number of nitrogens with one attached hydrogen (secondary N) is 2. The number of amides is 1. The van der Waals surface area contributed by atoms with Gasteiger partial charge >= 0.3 is 0 Å². The number of hydrogen-bond donors (Lipinski definition) is 2. The SMILES string of the molecule is O=C(Nc1cc(F)cc(N2CCOCC2)c1)C1CC(F)(F)CN1. The van der Waals surface area contributed by atoms with Crippen molar-refractivity contribution in [3.05, 3.63) is 24.0 Å². The van der Waals surface area contributed by atoms with Crippen molar-refractivity contribution in [2.75, 3.05) is 43.1 Å². The lowest BCUT2D eigenvalue weighted by Gasteiger charge is -2.29. The molecule has 1 aromatic rings. The highest BCUT2D eigenvalue weighted by molar-refractivity contribution is 5.95. The minimum absolute atomic E-state index is 0.258. The standard InChI is InChI=1S/C15H18F3N3O2/c16-10-5-11(7-12(6-10)21-1-3-23-4-2-21)20-14(22)13-8-15(17,18)9-19-13/h5-7,13,19H,1-4,8-9H2,(H,20,22). The molecule has 2 fully saturated rings. The molecule has 1 atom stereocenters. The Kier molecular flexibility index (Phi) is 4.45. The molecule has 1 unspecified atom stereocenters. The van der Waals surface area contributed by atoms with Crippen LogP contribution in [0.1, 0.15) is 6.42 Å². The predicted molar refractivity (Wildman–Crippen MR) is 79.4 cm³/mol. The third kappa shape index (κ3) is 3.94. The fourth-order valence-corrected chi connectivity index (χ4v) is 2.78. The summed E-state index contributed by atoms with van der Waals surface area (Å²) in [6.07, 6.45) is -0.551. The van der Waals surface area contributed by atoms with Crippen molar-refractivity contribution in [1.82, 2.24) is 5.32 Å². The van der Waals surface area contributed by atoms with E-state index in [4.69, 9.17) is 4.74 Å². The number of alkyl halides is 2. The summed E-state index contributed by atoms with van der Waals surface area (Å²) in [6, 6.07) is 3.22. The van der Waals surface area contributed by atoms with Gasteiger partial charge in [-0.3, -0.25) is 10.1 Å². The molecular weight excluding hydrogens is 311 g/mol. The zero-order valence-electron chi connectivity index (χ0n) is 12.4. The lowest BCUT2D eigenvalue weighted by molar-refractivity contribution is -0.118. The van der Waals surface area contributed by atoms with Crippen molar-refractivity contribution < 1.29 is 22.7 Å². The van der Waals surface area contributed by atoms with Gasteiger partial charge in [0.2, 0.25) is 5.91 Å². The summed E-state index contributed by atoms with van der Waals surface area (Å²) in [5.74, 6) is -3.96. The van der Waals surface area contributed by atoms with Crippen LogP contribution in [-0.4, -0.2) is 50.7 Å². The van der Waals surface area contributed by atoms with E-state index in [2.05, 4.69) is 10.6 Å². The molecule has 2 aliphatic rings. The number of carbonyl (C=O) groups is 1. The van der Waals surface area contributed by atoms with Crippen molar-refractivity contribution in [3.63, 3.8) is 0 Å². The first-order valence-electron chi connectivity index (χ1n) is 7.48. The molecule has 2 aliphatic heterocycles. The number of rotatable bonds is 3. The summed E-state index contributed by atoms with van der Waals surface area (Å²) in [5, 5.41) is 4.99. The van der Waals surface area contributed by atoms with Gasteiger partial charge in [0.1, 0.15) is 5.82 Å². The number of carbonyl (C=O) groups excluding carboxylic acids is 1. The Hall–Kier alpha value is -1.80. The molecule has 0 saturated carbocycles. The maximum atomic E-state index is 13.8. The monoisotopic (exact) mass is 329 g/mol. The van der Waals surface area contributed by atoms with Crippen LogP contribution in [-0.2, 0) is 9.53 Å². The quantitative estimate of drug-likeness (QED) is 0.884.